The van der Waals surface area contributed by atoms with Crippen molar-refractivity contribution in [1.82, 2.24) is 14.7 Å². The zero-order chi connectivity index (χ0) is 14.9. The lowest BCUT2D eigenvalue weighted by molar-refractivity contribution is -0.147. The lowest BCUT2D eigenvalue weighted by Crippen LogP contribution is -2.31. The minimum atomic E-state index is -0.683. The molecule has 3 rings (SSSR count). The molecule has 1 N–H and O–H groups in total. The summed E-state index contributed by atoms with van der Waals surface area (Å²) in [6.45, 7) is 4.08. The monoisotopic (exact) mass is 291 g/mol. The van der Waals surface area contributed by atoms with E-state index in [1.54, 1.807) is 0 Å². The van der Waals surface area contributed by atoms with E-state index in [-0.39, 0.29) is 0 Å². The first kappa shape index (κ1) is 14.6. The van der Waals surface area contributed by atoms with Gasteiger partial charge in [-0.3, -0.25) is 14.4 Å². The molecular weight excluding hydrogens is 266 g/mol. The third-order valence-electron chi connectivity index (χ3n) is 5.07. The topological polar surface area (TPSA) is 58.4 Å². The molecule has 0 aromatic carbocycles. The normalized spacial score (nSPS) is 28.0. The van der Waals surface area contributed by atoms with Crippen LogP contribution in [0.3, 0.4) is 0 Å². The van der Waals surface area contributed by atoms with Crippen molar-refractivity contribution in [3.8, 4) is 0 Å². The molecule has 2 aliphatic rings. The molecule has 1 aliphatic carbocycles. The van der Waals surface area contributed by atoms with E-state index in [9.17, 15) is 9.90 Å². The molecule has 0 radical (unpaired) electrons. The fourth-order valence-corrected chi connectivity index (χ4v) is 3.61. The summed E-state index contributed by atoms with van der Waals surface area (Å²) < 4.78 is 2.13. The van der Waals surface area contributed by atoms with Crippen LogP contribution in [0.25, 0.3) is 0 Å². The molecule has 1 aliphatic heterocycles. The van der Waals surface area contributed by atoms with Crippen LogP contribution in [0, 0.1) is 5.41 Å². The first-order chi connectivity index (χ1) is 10.1. The molecule has 1 unspecified atom stereocenters. The van der Waals surface area contributed by atoms with Crippen molar-refractivity contribution in [2.75, 3.05) is 13.1 Å². The Hall–Kier alpha value is -1.36. The second-order valence-corrected chi connectivity index (χ2v) is 6.91. The predicted molar refractivity (Wildman–Crippen MR) is 80.0 cm³/mol. The van der Waals surface area contributed by atoms with Crippen LogP contribution in [0.5, 0.6) is 0 Å². The van der Waals surface area contributed by atoms with Crippen molar-refractivity contribution in [1.29, 1.82) is 0 Å². The number of nitrogens with zero attached hydrogens (tertiary/aromatic N) is 3. The van der Waals surface area contributed by atoms with E-state index in [1.165, 1.54) is 32.1 Å². The highest BCUT2D eigenvalue weighted by molar-refractivity contribution is 5.74. The molecule has 0 amide bonds. The number of aromatic nitrogens is 2. The Morgan fingerprint density at radius 1 is 1.43 bits per heavy atom. The fourth-order valence-electron chi connectivity index (χ4n) is 3.61. The van der Waals surface area contributed by atoms with Crippen molar-refractivity contribution in [2.24, 2.45) is 5.41 Å². The van der Waals surface area contributed by atoms with Crippen molar-refractivity contribution < 1.29 is 9.90 Å². The van der Waals surface area contributed by atoms with Crippen LogP contribution in [0.4, 0.5) is 0 Å². The zero-order valence-corrected chi connectivity index (χ0v) is 12.8. The number of carboxylic acid groups (broad SMARTS) is 1. The molecule has 1 aromatic rings. The molecule has 0 spiro atoms. The molecule has 116 valence electrons. The van der Waals surface area contributed by atoms with E-state index >= 15 is 0 Å². The number of hydrogen-bond donors (Lipinski definition) is 1. The molecule has 1 saturated carbocycles. The average molecular weight is 291 g/mol. The van der Waals surface area contributed by atoms with Gasteiger partial charge in [-0.2, -0.15) is 5.10 Å². The molecule has 2 heterocycles. The lowest BCUT2D eigenvalue weighted by atomic mass is 9.90. The summed E-state index contributed by atoms with van der Waals surface area (Å²) in [5, 5.41) is 14.0. The van der Waals surface area contributed by atoms with Gasteiger partial charge in [-0.05, 0) is 38.8 Å². The van der Waals surface area contributed by atoms with Gasteiger partial charge < -0.3 is 5.11 Å². The second-order valence-electron chi connectivity index (χ2n) is 6.91. The van der Waals surface area contributed by atoms with Crippen LogP contribution in [0.2, 0.25) is 0 Å². The Kier molecular flexibility index (Phi) is 4.02. The Bertz CT molecular complexity index is 507. The van der Waals surface area contributed by atoms with Gasteiger partial charge in [0.25, 0.3) is 0 Å². The third-order valence-corrected chi connectivity index (χ3v) is 5.07. The SMILES string of the molecule is CC1(C(=O)O)CCN(Cc2ccn(C3CCCCC3)n2)C1. The van der Waals surface area contributed by atoms with E-state index in [0.717, 1.165) is 25.2 Å². The Labute approximate surface area is 125 Å². The van der Waals surface area contributed by atoms with Crippen LogP contribution < -0.4 is 0 Å². The summed E-state index contributed by atoms with van der Waals surface area (Å²) in [4.78, 5) is 13.5. The molecule has 5 heteroatoms. The van der Waals surface area contributed by atoms with Gasteiger partial charge in [-0.1, -0.05) is 19.3 Å². The minimum absolute atomic E-state index is 0.565. The first-order valence-corrected chi connectivity index (χ1v) is 8.07. The summed E-state index contributed by atoms with van der Waals surface area (Å²) >= 11 is 0. The highest BCUT2D eigenvalue weighted by atomic mass is 16.4. The molecule has 0 bridgehead atoms. The molecule has 1 saturated heterocycles. The van der Waals surface area contributed by atoms with Gasteiger partial charge in [0.15, 0.2) is 0 Å². The smallest absolute Gasteiger partial charge is 0.310 e. The van der Waals surface area contributed by atoms with E-state index in [1.807, 2.05) is 6.92 Å². The van der Waals surface area contributed by atoms with Crippen molar-refractivity contribution in [3.63, 3.8) is 0 Å². The van der Waals surface area contributed by atoms with Crippen LogP contribution >= 0.6 is 0 Å². The van der Waals surface area contributed by atoms with E-state index in [4.69, 9.17) is 5.10 Å². The molecular formula is C16H25N3O2. The maximum Gasteiger partial charge on any atom is 0.310 e. The second kappa shape index (κ2) is 5.79. The number of aliphatic carboxylic acids is 1. The third kappa shape index (κ3) is 3.12. The maximum absolute atomic E-state index is 11.3. The first-order valence-electron chi connectivity index (χ1n) is 8.07. The number of carbonyl (C=O) groups is 1. The minimum Gasteiger partial charge on any atom is -0.481 e. The summed E-state index contributed by atoms with van der Waals surface area (Å²) in [6.07, 6.45) is 9.27. The molecule has 2 fully saturated rings. The van der Waals surface area contributed by atoms with Crippen LogP contribution in [0.1, 0.15) is 57.2 Å². The molecule has 5 nitrogen and oxygen atoms in total. The predicted octanol–water partition coefficient (Wildman–Crippen LogP) is 2.68. The quantitative estimate of drug-likeness (QED) is 0.926. The number of carboxylic acids is 1. The molecule has 21 heavy (non-hydrogen) atoms. The van der Waals surface area contributed by atoms with Crippen molar-refractivity contribution in [2.45, 2.75) is 58.0 Å². The molecule has 1 aromatic heterocycles. The van der Waals surface area contributed by atoms with E-state index in [2.05, 4.69) is 21.8 Å². The van der Waals surface area contributed by atoms with Crippen LogP contribution in [0.15, 0.2) is 12.3 Å². The maximum atomic E-state index is 11.3. The van der Waals surface area contributed by atoms with Crippen LogP contribution in [-0.4, -0.2) is 38.8 Å². The number of likely N-dealkylation sites (tertiary alicyclic amines) is 1. The highest BCUT2D eigenvalue weighted by Crippen LogP contribution is 2.31. The van der Waals surface area contributed by atoms with Crippen molar-refractivity contribution in [3.05, 3.63) is 18.0 Å². The van der Waals surface area contributed by atoms with Gasteiger partial charge in [-0.15, -0.1) is 0 Å². The van der Waals surface area contributed by atoms with Gasteiger partial charge in [0, 0.05) is 19.3 Å². The molecule has 1 atom stereocenters. The number of hydrogen-bond acceptors (Lipinski definition) is 3. The number of rotatable bonds is 4. The average Bonchev–Trinajstić information content (AvgIpc) is 3.08. The van der Waals surface area contributed by atoms with Gasteiger partial charge in [0.1, 0.15) is 0 Å². The van der Waals surface area contributed by atoms with E-state index in [0.29, 0.717) is 12.6 Å². The van der Waals surface area contributed by atoms with Crippen molar-refractivity contribution >= 4 is 5.97 Å². The lowest BCUT2D eigenvalue weighted by Gasteiger charge is -2.22. The standard InChI is InChI=1S/C16H25N3O2/c1-16(15(20)21)8-10-18(12-16)11-13-7-9-19(17-13)14-5-3-2-4-6-14/h7,9,14H,2-6,8,10-12H2,1H3,(H,20,21). The van der Waals surface area contributed by atoms with Gasteiger partial charge in [0.05, 0.1) is 17.2 Å². The highest BCUT2D eigenvalue weighted by Gasteiger charge is 2.40. The fraction of sp³-hybridized carbons (Fsp3) is 0.750. The Morgan fingerprint density at radius 2 is 2.19 bits per heavy atom. The summed E-state index contributed by atoms with van der Waals surface area (Å²) in [6, 6.07) is 2.65. The van der Waals surface area contributed by atoms with Gasteiger partial charge >= 0.3 is 5.97 Å². The largest absolute Gasteiger partial charge is 0.481 e. The van der Waals surface area contributed by atoms with E-state index < -0.39 is 11.4 Å². The summed E-state index contributed by atoms with van der Waals surface area (Å²) in [5.74, 6) is -0.683. The summed E-state index contributed by atoms with van der Waals surface area (Å²) in [7, 11) is 0. The van der Waals surface area contributed by atoms with Gasteiger partial charge in [0.2, 0.25) is 0 Å². The Balaban J connectivity index is 1.59. The summed E-state index contributed by atoms with van der Waals surface area (Å²) in [5.41, 5.74) is 0.474. The Morgan fingerprint density at radius 3 is 2.86 bits per heavy atom. The zero-order valence-electron chi connectivity index (χ0n) is 12.8. The van der Waals surface area contributed by atoms with Crippen LogP contribution in [-0.2, 0) is 11.3 Å². The van der Waals surface area contributed by atoms with Gasteiger partial charge in [-0.25, -0.2) is 0 Å².